The number of hydrogen-bond acceptors (Lipinski definition) is 4. The molecule has 5 rings (SSSR count). The average Bonchev–Trinajstić information content (AvgIpc) is 3.25. The van der Waals surface area contributed by atoms with Crippen LogP contribution < -0.4 is 16.4 Å². The van der Waals surface area contributed by atoms with Gasteiger partial charge >= 0.3 is 0 Å². The molecule has 162 valence electrons. The summed E-state index contributed by atoms with van der Waals surface area (Å²) in [5.74, 6) is -0.471. The van der Waals surface area contributed by atoms with Crippen molar-refractivity contribution in [2.45, 2.75) is 0 Å². The van der Waals surface area contributed by atoms with Gasteiger partial charge in [-0.3, -0.25) is 4.79 Å². The molecule has 6 nitrogen and oxygen atoms in total. The zero-order valence-electron chi connectivity index (χ0n) is 17.5. The number of nitrogens with one attached hydrogen (secondary N) is 2. The predicted octanol–water partition coefficient (Wildman–Crippen LogP) is 5.74. The zero-order chi connectivity index (χ0) is 22.8. The van der Waals surface area contributed by atoms with E-state index in [1.165, 1.54) is 12.1 Å². The number of nitrogens with two attached hydrogens (primary N) is 1. The van der Waals surface area contributed by atoms with E-state index in [-0.39, 0.29) is 11.7 Å². The quantitative estimate of drug-likeness (QED) is 0.306. The number of aromatic nitrogens is 2. The highest BCUT2D eigenvalue weighted by Gasteiger charge is 2.09. The van der Waals surface area contributed by atoms with Gasteiger partial charge in [-0.2, -0.15) is 5.10 Å². The van der Waals surface area contributed by atoms with Crippen LogP contribution in [0, 0.1) is 5.82 Å². The maximum atomic E-state index is 13.1. The normalized spacial score (nSPS) is 10.8. The van der Waals surface area contributed by atoms with Gasteiger partial charge in [0.25, 0.3) is 5.91 Å². The second-order valence-corrected chi connectivity index (χ2v) is 7.58. The van der Waals surface area contributed by atoms with Gasteiger partial charge in [0.1, 0.15) is 5.82 Å². The second-order valence-electron chi connectivity index (χ2n) is 7.58. The maximum Gasteiger partial charge on any atom is 0.255 e. The highest BCUT2D eigenvalue weighted by molar-refractivity contribution is 6.04. The SMILES string of the molecule is Nc1ccc(C(=O)Nc2ccc(-n3ncc4cc(Nc5ccc(F)cc5)ccc43)cc2)cc1. The van der Waals surface area contributed by atoms with Gasteiger partial charge in [-0.05, 0) is 91.0 Å². The number of fused-ring (bicyclic) bond motifs is 1. The first-order valence-corrected chi connectivity index (χ1v) is 10.3. The molecular weight excluding hydrogens is 417 g/mol. The molecule has 0 aliphatic carbocycles. The van der Waals surface area contributed by atoms with Crippen LogP contribution in [0.5, 0.6) is 0 Å². The molecule has 0 bridgehead atoms. The van der Waals surface area contributed by atoms with Gasteiger partial charge in [-0.1, -0.05) is 0 Å². The lowest BCUT2D eigenvalue weighted by atomic mass is 10.2. The van der Waals surface area contributed by atoms with E-state index in [1.807, 2.05) is 47.1 Å². The Morgan fingerprint density at radius 1 is 0.818 bits per heavy atom. The number of carbonyl (C=O) groups excluding carboxylic acids is 1. The van der Waals surface area contributed by atoms with Crippen LogP contribution in [0.1, 0.15) is 10.4 Å². The highest BCUT2D eigenvalue weighted by atomic mass is 19.1. The summed E-state index contributed by atoms with van der Waals surface area (Å²) in [5.41, 5.74) is 11.0. The molecule has 33 heavy (non-hydrogen) atoms. The van der Waals surface area contributed by atoms with E-state index < -0.39 is 0 Å². The Morgan fingerprint density at radius 2 is 1.48 bits per heavy atom. The molecular formula is C26H20FN5O. The summed E-state index contributed by atoms with van der Waals surface area (Å²) in [6.07, 6.45) is 1.79. The summed E-state index contributed by atoms with van der Waals surface area (Å²) < 4.78 is 14.9. The molecule has 0 spiro atoms. The molecule has 0 saturated heterocycles. The number of nitrogens with zero attached hydrogens (tertiary/aromatic N) is 2. The Kier molecular flexibility index (Phi) is 5.20. The van der Waals surface area contributed by atoms with Gasteiger partial charge in [-0.25, -0.2) is 9.07 Å². The van der Waals surface area contributed by atoms with Crippen LogP contribution >= 0.6 is 0 Å². The third-order valence-electron chi connectivity index (χ3n) is 5.24. The molecule has 7 heteroatoms. The lowest BCUT2D eigenvalue weighted by Gasteiger charge is -2.09. The lowest BCUT2D eigenvalue weighted by molar-refractivity contribution is 0.102. The number of hydrogen-bond donors (Lipinski definition) is 3. The fourth-order valence-electron chi connectivity index (χ4n) is 3.54. The molecule has 1 heterocycles. The molecule has 0 atom stereocenters. The third kappa shape index (κ3) is 4.38. The van der Waals surface area contributed by atoms with Crippen molar-refractivity contribution in [1.29, 1.82) is 0 Å². The van der Waals surface area contributed by atoms with E-state index in [0.29, 0.717) is 16.9 Å². The number of rotatable bonds is 5. The van der Waals surface area contributed by atoms with Crippen LogP contribution in [0.15, 0.2) is 97.2 Å². The molecule has 4 aromatic carbocycles. The van der Waals surface area contributed by atoms with E-state index in [0.717, 1.165) is 28.0 Å². The van der Waals surface area contributed by atoms with E-state index in [9.17, 15) is 9.18 Å². The van der Waals surface area contributed by atoms with Gasteiger partial charge < -0.3 is 16.4 Å². The molecule has 0 aliphatic rings. The Hall–Kier alpha value is -4.65. The Balaban J connectivity index is 1.33. The standard InChI is InChI=1S/C26H20FN5O/c27-19-3-7-21(8-4-19)30-23-11-14-25-18(15-23)16-29-32(25)24-12-9-22(10-13-24)31-26(33)17-1-5-20(28)6-2-17/h1-16,30H,28H2,(H,31,33). The summed E-state index contributed by atoms with van der Waals surface area (Å²) >= 11 is 0. The van der Waals surface area contributed by atoms with Crippen molar-refractivity contribution in [2.75, 3.05) is 16.4 Å². The van der Waals surface area contributed by atoms with Crippen LogP contribution in [0.25, 0.3) is 16.6 Å². The number of amides is 1. The van der Waals surface area contributed by atoms with Crippen LogP contribution in [0.2, 0.25) is 0 Å². The molecule has 0 aliphatic heterocycles. The summed E-state index contributed by atoms with van der Waals surface area (Å²) in [5, 5.41) is 11.6. The predicted molar refractivity (Wildman–Crippen MR) is 130 cm³/mol. The number of anilines is 4. The number of halogens is 1. The molecule has 0 radical (unpaired) electrons. The van der Waals surface area contributed by atoms with E-state index >= 15 is 0 Å². The van der Waals surface area contributed by atoms with Crippen molar-refractivity contribution in [1.82, 2.24) is 9.78 Å². The van der Waals surface area contributed by atoms with Gasteiger partial charge in [0.2, 0.25) is 0 Å². The average molecular weight is 437 g/mol. The van der Waals surface area contributed by atoms with Crippen LogP contribution in [-0.4, -0.2) is 15.7 Å². The summed E-state index contributed by atoms with van der Waals surface area (Å²) in [4.78, 5) is 12.4. The largest absolute Gasteiger partial charge is 0.399 e. The molecule has 1 amide bonds. The van der Waals surface area contributed by atoms with E-state index in [2.05, 4.69) is 15.7 Å². The minimum Gasteiger partial charge on any atom is -0.399 e. The minimum atomic E-state index is -0.270. The fraction of sp³-hybridized carbons (Fsp3) is 0. The molecule has 0 unspecified atom stereocenters. The Morgan fingerprint density at radius 3 is 2.21 bits per heavy atom. The van der Waals surface area contributed by atoms with Crippen molar-refractivity contribution in [2.24, 2.45) is 0 Å². The molecule has 0 fully saturated rings. The maximum absolute atomic E-state index is 13.1. The Bertz CT molecular complexity index is 1430. The van der Waals surface area contributed by atoms with Crippen LogP contribution in [0.4, 0.5) is 27.1 Å². The first-order chi connectivity index (χ1) is 16.0. The molecule has 5 aromatic rings. The monoisotopic (exact) mass is 437 g/mol. The van der Waals surface area contributed by atoms with Crippen molar-refractivity contribution in [3.63, 3.8) is 0 Å². The summed E-state index contributed by atoms with van der Waals surface area (Å²) in [7, 11) is 0. The van der Waals surface area contributed by atoms with Gasteiger partial charge in [0.15, 0.2) is 0 Å². The summed E-state index contributed by atoms with van der Waals surface area (Å²) in [6.45, 7) is 0. The van der Waals surface area contributed by atoms with E-state index in [1.54, 1.807) is 42.6 Å². The molecule has 4 N–H and O–H groups in total. The van der Waals surface area contributed by atoms with Crippen molar-refractivity contribution in [3.8, 4) is 5.69 Å². The first-order valence-electron chi connectivity index (χ1n) is 10.3. The molecule has 0 saturated carbocycles. The number of carbonyl (C=O) groups is 1. The second kappa shape index (κ2) is 8.47. The topological polar surface area (TPSA) is 85.0 Å². The summed E-state index contributed by atoms with van der Waals surface area (Å²) in [6, 6.07) is 26.4. The zero-order valence-corrected chi connectivity index (χ0v) is 17.5. The van der Waals surface area contributed by atoms with Gasteiger partial charge in [0, 0.05) is 33.7 Å². The van der Waals surface area contributed by atoms with Gasteiger partial charge in [-0.15, -0.1) is 0 Å². The van der Waals surface area contributed by atoms with Crippen molar-refractivity contribution in [3.05, 3.63) is 109 Å². The number of nitrogen functional groups attached to an aromatic ring is 1. The Labute approximate surface area is 189 Å². The molecule has 1 aromatic heterocycles. The number of benzene rings is 4. The highest BCUT2D eigenvalue weighted by Crippen LogP contribution is 2.25. The van der Waals surface area contributed by atoms with Crippen LogP contribution in [0.3, 0.4) is 0 Å². The van der Waals surface area contributed by atoms with E-state index in [4.69, 9.17) is 5.73 Å². The van der Waals surface area contributed by atoms with Crippen LogP contribution in [-0.2, 0) is 0 Å². The van der Waals surface area contributed by atoms with Crippen molar-refractivity contribution >= 4 is 39.6 Å². The van der Waals surface area contributed by atoms with Gasteiger partial charge in [0.05, 0.1) is 17.4 Å². The fourth-order valence-corrected chi connectivity index (χ4v) is 3.54. The third-order valence-corrected chi connectivity index (χ3v) is 5.24. The minimum absolute atomic E-state index is 0.200. The lowest BCUT2D eigenvalue weighted by Crippen LogP contribution is -2.11. The smallest absolute Gasteiger partial charge is 0.255 e. The van der Waals surface area contributed by atoms with Crippen molar-refractivity contribution < 1.29 is 9.18 Å². The first kappa shape index (κ1) is 20.3.